The van der Waals surface area contributed by atoms with Crippen LogP contribution in [-0.4, -0.2) is 24.4 Å². The van der Waals surface area contributed by atoms with Gasteiger partial charge in [0, 0.05) is 13.6 Å². The van der Waals surface area contributed by atoms with Crippen LogP contribution in [0, 0.1) is 0 Å². The summed E-state index contributed by atoms with van der Waals surface area (Å²) in [4.78, 5) is 14.7. The minimum absolute atomic E-state index is 0.102. The van der Waals surface area contributed by atoms with E-state index in [2.05, 4.69) is 25.1 Å². The second-order valence-electron chi connectivity index (χ2n) is 5.42. The van der Waals surface area contributed by atoms with Gasteiger partial charge in [0.1, 0.15) is 0 Å². The lowest BCUT2D eigenvalue weighted by molar-refractivity contribution is 0.0799. The first-order valence-corrected chi connectivity index (χ1v) is 7.38. The Morgan fingerprint density at radius 1 is 0.952 bits per heavy atom. The Hall–Kier alpha value is -2.35. The van der Waals surface area contributed by atoms with Crippen molar-refractivity contribution in [3.8, 4) is 0 Å². The molecule has 2 heteroatoms. The molecule has 0 heterocycles. The van der Waals surface area contributed by atoms with E-state index in [9.17, 15) is 4.79 Å². The number of hydrogen-bond donors (Lipinski definition) is 0. The van der Waals surface area contributed by atoms with Crippen molar-refractivity contribution < 1.29 is 4.79 Å². The van der Waals surface area contributed by atoms with E-state index in [1.165, 1.54) is 0 Å². The van der Waals surface area contributed by atoms with Crippen LogP contribution in [0.5, 0.6) is 0 Å². The van der Waals surface area contributed by atoms with Crippen LogP contribution in [0.4, 0.5) is 0 Å². The molecule has 0 aliphatic heterocycles. The van der Waals surface area contributed by atoms with Crippen LogP contribution < -0.4 is 0 Å². The average molecular weight is 277 g/mol. The first-order valence-electron chi connectivity index (χ1n) is 7.38. The molecule has 106 valence electrons. The van der Waals surface area contributed by atoms with Crippen LogP contribution in [0.25, 0.3) is 21.5 Å². The van der Waals surface area contributed by atoms with Gasteiger partial charge in [-0.2, -0.15) is 0 Å². The Kier molecular flexibility index (Phi) is 3.61. The lowest BCUT2D eigenvalue weighted by Crippen LogP contribution is -2.27. The molecule has 0 spiro atoms. The highest BCUT2D eigenvalue weighted by atomic mass is 16.2. The molecule has 0 N–H and O–H groups in total. The molecule has 0 bridgehead atoms. The Morgan fingerprint density at radius 3 is 2.00 bits per heavy atom. The van der Waals surface area contributed by atoms with Crippen LogP contribution in [0.2, 0.25) is 0 Å². The molecule has 0 saturated heterocycles. The van der Waals surface area contributed by atoms with E-state index in [4.69, 9.17) is 0 Å². The standard InChI is InChI=1S/C19H19NO/c1-3-12-20(2)19(21)18-16-10-6-4-8-14(16)13-15-9-5-7-11-17(15)18/h4-11,13H,3,12H2,1-2H3. The molecule has 1 amide bonds. The third kappa shape index (κ3) is 2.38. The van der Waals surface area contributed by atoms with Gasteiger partial charge in [-0.1, -0.05) is 55.5 Å². The lowest BCUT2D eigenvalue weighted by Gasteiger charge is -2.19. The molecule has 0 aliphatic carbocycles. The van der Waals surface area contributed by atoms with Crippen molar-refractivity contribution in [2.75, 3.05) is 13.6 Å². The highest BCUT2D eigenvalue weighted by Gasteiger charge is 2.17. The number of amides is 1. The quantitative estimate of drug-likeness (QED) is 0.647. The highest BCUT2D eigenvalue weighted by Crippen LogP contribution is 2.29. The van der Waals surface area contributed by atoms with E-state index in [0.29, 0.717) is 0 Å². The summed E-state index contributed by atoms with van der Waals surface area (Å²) in [5.41, 5.74) is 0.819. The SMILES string of the molecule is CCCN(C)C(=O)c1c2ccccc2cc2ccccc12. The number of carbonyl (C=O) groups excluding carboxylic acids is 1. The van der Waals surface area contributed by atoms with E-state index in [1.54, 1.807) is 0 Å². The van der Waals surface area contributed by atoms with E-state index in [0.717, 1.165) is 40.1 Å². The van der Waals surface area contributed by atoms with Crippen LogP contribution in [-0.2, 0) is 0 Å². The third-order valence-corrected chi connectivity index (χ3v) is 3.89. The van der Waals surface area contributed by atoms with E-state index >= 15 is 0 Å². The maximum Gasteiger partial charge on any atom is 0.254 e. The van der Waals surface area contributed by atoms with Gasteiger partial charge in [0.05, 0.1) is 5.56 Å². The molecule has 0 fully saturated rings. The van der Waals surface area contributed by atoms with E-state index in [1.807, 2.05) is 48.3 Å². The minimum atomic E-state index is 0.102. The predicted octanol–water partition coefficient (Wildman–Crippen LogP) is 4.48. The summed E-state index contributed by atoms with van der Waals surface area (Å²) in [6.45, 7) is 2.86. The van der Waals surface area contributed by atoms with Crippen molar-refractivity contribution in [1.29, 1.82) is 0 Å². The fourth-order valence-corrected chi connectivity index (χ4v) is 2.87. The fourth-order valence-electron chi connectivity index (χ4n) is 2.87. The summed E-state index contributed by atoms with van der Waals surface area (Å²) in [5.74, 6) is 0.102. The molecule has 3 aromatic rings. The monoisotopic (exact) mass is 277 g/mol. The molecule has 0 atom stereocenters. The van der Waals surface area contributed by atoms with E-state index < -0.39 is 0 Å². The zero-order chi connectivity index (χ0) is 14.8. The van der Waals surface area contributed by atoms with Crippen LogP contribution >= 0.6 is 0 Å². The summed E-state index contributed by atoms with van der Waals surface area (Å²) in [5, 5.41) is 4.29. The highest BCUT2D eigenvalue weighted by molar-refractivity contribution is 6.18. The Labute approximate surface area is 125 Å². The summed E-state index contributed by atoms with van der Waals surface area (Å²) < 4.78 is 0. The van der Waals surface area contributed by atoms with Crippen LogP contribution in [0.3, 0.4) is 0 Å². The number of carbonyl (C=O) groups is 1. The topological polar surface area (TPSA) is 20.3 Å². The second-order valence-corrected chi connectivity index (χ2v) is 5.42. The third-order valence-electron chi connectivity index (χ3n) is 3.89. The summed E-state index contributed by atoms with van der Waals surface area (Å²) >= 11 is 0. The zero-order valence-corrected chi connectivity index (χ0v) is 12.5. The Bertz CT molecular complexity index is 753. The second kappa shape index (κ2) is 5.57. The molecule has 0 aliphatic rings. The first kappa shape index (κ1) is 13.6. The number of nitrogens with zero attached hydrogens (tertiary/aromatic N) is 1. The normalized spacial score (nSPS) is 11.0. The van der Waals surface area contributed by atoms with Gasteiger partial charge in [-0.25, -0.2) is 0 Å². The van der Waals surface area contributed by atoms with Crippen LogP contribution in [0.15, 0.2) is 54.6 Å². The fraction of sp³-hybridized carbons (Fsp3) is 0.211. The Morgan fingerprint density at radius 2 is 1.48 bits per heavy atom. The predicted molar refractivity (Wildman–Crippen MR) is 88.7 cm³/mol. The van der Waals surface area contributed by atoms with E-state index in [-0.39, 0.29) is 5.91 Å². The molecular formula is C19H19NO. The van der Waals surface area contributed by atoms with Gasteiger partial charge in [-0.3, -0.25) is 4.79 Å². The Balaban J connectivity index is 2.32. The largest absolute Gasteiger partial charge is 0.342 e. The maximum absolute atomic E-state index is 12.9. The molecule has 0 unspecified atom stereocenters. The van der Waals surface area contributed by atoms with Crippen molar-refractivity contribution in [3.63, 3.8) is 0 Å². The molecule has 0 aromatic heterocycles. The average Bonchev–Trinajstić information content (AvgIpc) is 2.52. The van der Waals surface area contributed by atoms with Crippen molar-refractivity contribution in [3.05, 3.63) is 60.2 Å². The number of fused-ring (bicyclic) bond motifs is 2. The van der Waals surface area contributed by atoms with Gasteiger partial charge in [0.15, 0.2) is 0 Å². The van der Waals surface area contributed by atoms with Gasteiger partial charge >= 0.3 is 0 Å². The summed E-state index contributed by atoms with van der Waals surface area (Å²) in [6, 6.07) is 18.4. The van der Waals surface area contributed by atoms with Gasteiger partial charge in [0.2, 0.25) is 0 Å². The van der Waals surface area contributed by atoms with Gasteiger partial charge in [-0.15, -0.1) is 0 Å². The smallest absolute Gasteiger partial charge is 0.254 e. The summed E-state index contributed by atoms with van der Waals surface area (Å²) in [6.07, 6.45) is 0.963. The van der Waals surface area contributed by atoms with Gasteiger partial charge < -0.3 is 4.90 Å². The molecule has 0 saturated carbocycles. The first-order chi connectivity index (χ1) is 10.2. The number of hydrogen-bond acceptors (Lipinski definition) is 1. The van der Waals surface area contributed by atoms with Crippen molar-refractivity contribution in [1.82, 2.24) is 4.90 Å². The van der Waals surface area contributed by atoms with Crippen molar-refractivity contribution in [2.24, 2.45) is 0 Å². The molecule has 3 aromatic carbocycles. The maximum atomic E-state index is 12.9. The molecular weight excluding hydrogens is 258 g/mol. The molecule has 21 heavy (non-hydrogen) atoms. The van der Waals surface area contributed by atoms with Crippen molar-refractivity contribution >= 4 is 27.5 Å². The molecule has 0 radical (unpaired) electrons. The zero-order valence-electron chi connectivity index (χ0n) is 12.5. The minimum Gasteiger partial charge on any atom is -0.342 e. The summed E-state index contributed by atoms with van der Waals surface area (Å²) in [7, 11) is 1.88. The van der Waals surface area contributed by atoms with Gasteiger partial charge in [0.25, 0.3) is 5.91 Å². The van der Waals surface area contributed by atoms with Crippen molar-refractivity contribution in [2.45, 2.75) is 13.3 Å². The number of rotatable bonds is 3. The molecule has 2 nitrogen and oxygen atoms in total. The molecule has 3 rings (SSSR count). The lowest BCUT2D eigenvalue weighted by atomic mass is 9.96. The number of benzene rings is 3. The van der Waals surface area contributed by atoms with Crippen LogP contribution in [0.1, 0.15) is 23.7 Å². The van der Waals surface area contributed by atoms with Gasteiger partial charge in [-0.05, 0) is 34.0 Å².